The Morgan fingerprint density at radius 3 is 2.67 bits per heavy atom. The van der Waals surface area contributed by atoms with Crippen LogP contribution in [0.4, 0.5) is 0 Å². The summed E-state index contributed by atoms with van der Waals surface area (Å²) in [5.74, 6) is 0.210. The fourth-order valence-electron chi connectivity index (χ4n) is 0.926. The second-order valence-corrected chi connectivity index (χ2v) is 2.25. The van der Waals surface area contributed by atoms with E-state index in [1.165, 1.54) is 0 Å². The van der Waals surface area contributed by atoms with Gasteiger partial charge in [0, 0.05) is 13.5 Å². The van der Waals surface area contributed by atoms with Crippen LogP contribution in [-0.2, 0) is 9.53 Å². The average molecular weight is 126 g/mol. The number of allylic oxidation sites excluding steroid dienone is 1. The van der Waals surface area contributed by atoms with Gasteiger partial charge >= 0.3 is 0 Å². The molecular formula is C7H10O2. The lowest BCUT2D eigenvalue weighted by Gasteiger charge is -1.99. The van der Waals surface area contributed by atoms with Crippen molar-refractivity contribution in [2.75, 3.05) is 7.11 Å². The van der Waals surface area contributed by atoms with Crippen LogP contribution in [0.3, 0.4) is 0 Å². The quantitative estimate of drug-likeness (QED) is 0.522. The van der Waals surface area contributed by atoms with Crippen LogP contribution in [0.25, 0.3) is 0 Å². The minimum Gasteiger partial charge on any atom is -0.377 e. The van der Waals surface area contributed by atoms with Gasteiger partial charge in [-0.2, -0.15) is 0 Å². The van der Waals surface area contributed by atoms with Crippen LogP contribution in [0.2, 0.25) is 0 Å². The molecule has 9 heavy (non-hydrogen) atoms. The summed E-state index contributed by atoms with van der Waals surface area (Å²) in [5.41, 5.74) is 0.835. The Morgan fingerprint density at radius 1 is 1.78 bits per heavy atom. The zero-order chi connectivity index (χ0) is 6.85. The molecule has 0 spiro atoms. The maximum atomic E-state index is 10.8. The summed E-state index contributed by atoms with van der Waals surface area (Å²) >= 11 is 0. The Morgan fingerprint density at radius 2 is 2.44 bits per heavy atom. The van der Waals surface area contributed by atoms with E-state index in [4.69, 9.17) is 4.74 Å². The van der Waals surface area contributed by atoms with E-state index in [0.717, 1.165) is 5.57 Å². The molecule has 2 nitrogen and oxygen atoms in total. The van der Waals surface area contributed by atoms with Crippen molar-refractivity contribution < 1.29 is 9.53 Å². The highest BCUT2D eigenvalue weighted by Gasteiger charge is 2.19. The zero-order valence-corrected chi connectivity index (χ0v) is 5.68. The van der Waals surface area contributed by atoms with E-state index >= 15 is 0 Å². The van der Waals surface area contributed by atoms with Gasteiger partial charge in [0.2, 0.25) is 0 Å². The zero-order valence-electron chi connectivity index (χ0n) is 5.68. The van der Waals surface area contributed by atoms with Crippen molar-refractivity contribution in [1.29, 1.82) is 0 Å². The summed E-state index contributed by atoms with van der Waals surface area (Å²) in [6.07, 6.45) is 2.43. The molecule has 0 saturated carbocycles. The molecule has 0 unspecified atom stereocenters. The van der Waals surface area contributed by atoms with Gasteiger partial charge in [-0.1, -0.05) is 0 Å². The highest BCUT2D eigenvalue weighted by molar-refractivity contribution is 5.97. The molecule has 1 aliphatic carbocycles. The largest absolute Gasteiger partial charge is 0.377 e. The maximum Gasteiger partial charge on any atom is 0.161 e. The minimum atomic E-state index is 0.0394. The van der Waals surface area contributed by atoms with Gasteiger partial charge in [0.1, 0.15) is 0 Å². The number of rotatable bonds is 1. The molecule has 0 N–H and O–H groups in total. The number of carbonyl (C=O) groups is 1. The molecule has 2 heteroatoms. The van der Waals surface area contributed by atoms with Crippen LogP contribution in [-0.4, -0.2) is 19.0 Å². The molecule has 1 atom stereocenters. The fourth-order valence-corrected chi connectivity index (χ4v) is 0.926. The first-order valence-corrected chi connectivity index (χ1v) is 2.98. The smallest absolute Gasteiger partial charge is 0.161 e. The summed E-state index contributed by atoms with van der Waals surface area (Å²) in [6.45, 7) is 1.82. The van der Waals surface area contributed by atoms with E-state index in [0.29, 0.717) is 6.42 Å². The number of Topliss-reactive ketones (excluding diaryl/α,β-unsaturated/α-hetero) is 1. The third-order valence-corrected chi connectivity index (χ3v) is 1.57. The van der Waals surface area contributed by atoms with Crippen molar-refractivity contribution in [3.05, 3.63) is 11.6 Å². The van der Waals surface area contributed by atoms with Crippen molar-refractivity contribution in [3.8, 4) is 0 Å². The Hall–Kier alpha value is -0.630. The lowest BCUT2D eigenvalue weighted by molar-refractivity contribution is -0.116. The molecule has 0 saturated heterocycles. The highest BCUT2D eigenvalue weighted by atomic mass is 16.5. The van der Waals surface area contributed by atoms with E-state index in [1.54, 1.807) is 7.11 Å². The predicted octanol–water partition coefficient (Wildman–Crippen LogP) is 0.921. The van der Waals surface area contributed by atoms with Crippen molar-refractivity contribution >= 4 is 5.78 Å². The molecule has 1 rings (SSSR count). The lowest BCUT2D eigenvalue weighted by Crippen LogP contribution is -2.04. The van der Waals surface area contributed by atoms with Gasteiger partial charge in [-0.05, 0) is 18.6 Å². The van der Waals surface area contributed by atoms with E-state index in [1.807, 2.05) is 13.0 Å². The van der Waals surface area contributed by atoms with Crippen molar-refractivity contribution in [1.82, 2.24) is 0 Å². The Kier molecular flexibility index (Phi) is 1.67. The van der Waals surface area contributed by atoms with Gasteiger partial charge in [0.05, 0.1) is 6.10 Å². The van der Waals surface area contributed by atoms with E-state index < -0.39 is 0 Å². The van der Waals surface area contributed by atoms with Crippen LogP contribution < -0.4 is 0 Å². The number of hydrogen-bond donors (Lipinski definition) is 0. The summed E-state index contributed by atoms with van der Waals surface area (Å²) in [6, 6.07) is 0. The van der Waals surface area contributed by atoms with Crippen LogP contribution >= 0.6 is 0 Å². The first kappa shape index (κ1) is 6.49. The van der Waals surface area contributed by atoms with Crippen LogP contribution in [0.15, 0.2) is 11.6 Å². The standard InChI is InChI=1S/C7H10O2/c1-5-3-6(9-2)4-7(5)8/h3,6H,4H2,1-2H3/t6-/m0/s1. The molecule has 0 aliphatic heterocycles. The normalized spacial score (nSPS) is 26.7. The van der Waals surface area contributed by atoms with E-state index in [9.17, 15) is 4.79 Å². The van der Waals surface area contributed by atoms with Gasteiger partial charge < -0.3 is 4.74 Å². The summed E-state index contributed by atoms with van der Waals surface area (Å²) in [5, 5.41) is 0. The molecule has 0 aromatic heterocycles. The number of methoxy groups -OCH3 is 1. The third-order valence-electron chi connectivity index (χ3n) is 1.57. The molecule has 0 fully saturated rings. The maximum absolute atomic E-state index is 10.8. The first-order chi connectivity index (χ1) is 4.24. The summed E-state index contributed by atoms with van der Waals surface area (Å²) < 4.78 is 4.95. The van der Waals surface area contributed by atoms with Crippen molar-refractivity contribution in [3.63, 3.8) is 0 Å². The van der Waals surface area contributed by atoms with Gasteiger partial charge in [-0.3, -0.25) is 4.79 Å². The van der Waals surface area contributed by atoms with Gasteiger partial charge in [-0.25, -0.2) is 0 Å². The fraction of sp³-hybridized carbons (Fsp3) is 0.571. The molecule has 0 bridgehead atoms. The summed E-state index contributed by atoms with van der Waals surface area (Å²) in [7, 11) is 1.62. The van der Waals surface area contributed by atoms with E-state index in [2.05, 4.69) is 0 Å². The topological polar surface area (TPSA) is 26.3 Å². The minimum absolute atomic E-state index is 0.0394. The highest BCUT2D eigenvalue weighted by Crippen LogP contribution is 2.15. The van der Waals surface area contributed by atoms with Crippen LogP contribution in [0, 0.1) is 0 Å². The molecule has 0 radical (unpaired) electrons. The van der Waals surface area contributed by atoms with Crippen molar-refractivity contribution in [2.45, 2.75) is 19.4 Å². The first-order valence-electron chi connectivity index (χ1n) is 2.98. The SMILES string of the molecule is CO[C@H]1C=C(C)C(=O)C1. The van der Waals surface area contributed by atoms with Gasteiger partial charge in [0.25, 0.3) is 0 Å². The molecular weight excluding hydrogens is 116 g/mol. The molecule has 50 valence electrons. The second-order valence-electron chi connectivity index (χ2n) is 2.25. The average Bonchev–Trinajstić information content (AvgIpc) is 2.13. The Bertz CT molecular complexity index is 158. The second kappa shape index (κ2) is 2.31. The molecule has 0 heterocycles. The predicted molar refractivity (Wildman–Crippen MR) is 34.2 cm³/mol. The molecule has 0 amide bonds. The molecule has 1 aliphatic rings. The van der Waals surface area contributed by atoms with Gasteiger partial charge in [-0.15, -0.1) is 0 Å². The summed E-state index contributed by atoms with van der Waals surface area (Å²) in [4.78, 5) is 10.8. The molecule has 0 aromatic rings. The van der Waals surface area contributed by atoms with Crippen LogP contribution in [0.1, 0.15) is 13.3 Å². The van der Waals surface area contributed by atoms with Crippen LogP contribution in [0.5, 0.6) is 0 Å². The third kappa shape index (κ3) is 1.19. The number of carbonyl (C=O) groups excluding carboxylic acids is 1. The Labute approximate surface area is 54.5 Å². The van der Waals surface area contributed by atoms with Crippen molar-refractivity contribution in [2.24, 2.45) is 0 Å². The van der Waals surface area contributed by atoms with E-state index in [-0.39, 0.29) is 11.9 Å². The monoisotopic (exact) mass is 126 g/mol. The molecule has 0 aromatic carbocycles. The number of hydrogen-bond acceptors (Lipinski definition) is 2. The van der Waals surface area contributed by atoms with Gasteiger partial charge in [0.15, 0.2) is 5.78 Å². The number of ether oxygens (including phenoxy) is 1. The Balaban J connectivity index is 2.62. The number of ketones is 1. The lowest BCUT2D eigenvalue weighted by atomic mass is 10.2.